The monoisotopic (exact) mass is 460 g/mol. The summed E-state index contributed by atoms with van der Waals surface area (Å²) in [5.41, 5.74) is 4.70. The van der Waals surface area contributed by atoms with Crippen LogP contribution < -0.4 is 10.2 Å². The number of nitrogens with zero attached hydrogens (tertiary/aromatic N) is 1. The van der Waals surface area contributed by atoms with Gasteiger partial charge in [0.2, 0.25) is 0 Å². The van der Waals surface area contributed by atoms with Crippen molar-refractivity contribution < 1.29 is 9.84 Å². The minimum atomic E-state index is 0.162. The molecule has 0 atom stereocenters. The van der Waals surface area contributed by atoms with Crippen molar-refractivity contribution in [3.63, 3.8) is 0 Å². The van der Waals surface area contributed by atoms with E-state index in [0.29, 0.717) is 12.4 Å². The molecule has 0 unspecified atom stereocenters. The molecule has 6 heteroatoms. The summed E-state index contributed by atoms with van der Waals surface area (Å²) in [7, 11) is 0. The van der Waals surface area contributed by atoms with E-state index in [-0.39, 0.29) is 5.75 Å². The molecule has 0 aliphatic carbocycles. The van der Waals surface area contributed by atoms with Gasteiger partial charge in [-0.25, -0.2) is 0 Å². The summed E-state index contributed by atoms with van der Waals surface area (Å²) < 4.78 is 7.14. The average Bonchev–Trinajstić information content (AvgIpc) is 2.46. The molecule has 110 valence electrons. The Kier molecular flexibility index (Phi) is 5.86. The lowest BCUT2D eigenvalue weighted by Gasteiger charge is -2.08. The Bertz CT molecular complexity index is 645. The smallest absolute Gasteiger partial charge is 0.171 e. The fraction of sp³-hybridized carbons (Fsp3) is 0.133. The average molecular weight is 461 g/mol. The van der Waals surface area contributed by atoms with Crippen LogP contribution in [0, 0.1) is 3.57 Å². The van der Waals surface area contributed by atoms with Gasteiger partial charge in [-0.1, -0.05) is 15.9 Å². The molecule has 0 heterocycles. The first-order valence-electron chi connectivity index (χ1n) is 6.30. The van der Waals surface area contributed by atoms with Gasteiger partial charge in [-0.05, 0) is 71.5 Å². The number of phenolic OH excluding ortho intramolecular Hbond substituents is 1. The predicted octanol–water partition coefficient (Wildman–Crippen LogP) is 4.60. The number of hydrazone groups is 1. The molecule has 0 spiro atoms. The summed E-state index contributed by atoms with van der Waals surface area (Å²) in [4.78, 5) is 0. The zero-order valence-corrected chi connectivity index (χ0v) is 15.1. The summed E-state index contributed by atoms with van der Waals surface area (Å²) in [6.45, 7) is 2.38. The summed E-state index contributed by atoms with van der Waals surface area (Å²) in [5.74, 6) is 0.630. The Morgan fingerprint density at radius 3 is 2.71 bits per heavy atom. The second-order valence-corrected chi connectivity index (χ2v) is 6.24. The molecule has 2 N–H and O–H groups in total. The maximum absolute atomic E-state index is 9.89. The third-order valence-corrected chi connectivity index (χ3v) is 3.95. The molecule has 4 nitrogen and oxygen atoms in total. The van der Waals surface area contributed by atoms with E-state index < -0.39 is 0 Å². The molecule has 0 aromatic heterocycles. The maximum atomic E-state index is 9.89. The Morgan fingerprint density at radius 1 is 1.33 bits per heavy atom. The van der Waals surface area contributed by atoms with Gasteiger partial charge in [0, 0.05) is 4.47 Å². The van der Waals surface area contributed by atoms with Gasteiger partial charge in [0.15, 0.2) is 11.5 Å². The first-order chi connectivity index (χ1) is 10.1. The highest BCUT2D eigenvalue weighted by Gasteiger charge is 2.08. The molecule has 0 saturated heterocycles. The quantitative estimate of drug-likeness (QED) is 0.389. The van der Waals surface area contributed by atoms with E-state index in [0.717, 1.165) is 19.3 Å². The van der Waals surface area contributed by atoms with E-state index in [2.05, 4.69) is 49.0 Å². The van der Waals surface area contributed by atoms with Crippen LogP contribution in [0.1, 0.15) is 12.5 Å². The minimum absolute atomic E-state index is 0.162. The number of phenols is 1. The van der Waals surface area contributed by atoms with Crippen molar-refractivity contribution in [3.05, 3.63) is 50.0 Å². The Hall–Kier alpha value is -1.28. The lowest BCUT2D eigenvalue weighted by Crippen LogP contribution is -1.96. The van der Waals surface area contributed by atoms with Gasteiger partial charge >= 0.3 is 0 Å². The van der Waals surface area contributed by atoms with Crippen LogP contribution in [0.3, 0.4) is 0 Å². The van der Waals surface area contributed by atoms with Crippen LogP contribution >= 0.6 is 38.5 Å². The van der Waals surface area contributed by atoms with Crippen LogP contribution in [0.4, 0.5) is 5.69 Å². The molecular weight excluding hydrogens is 447 g/mol. The standard InChI is InChI=1S/C15H14BrIN2O2/c1-2-21-14-8-10(7-13(17)15(14)20)9-18-19-12-5-3-11(16)4-6-12/h3-9,19-20H,2H2,1H3/b18-9-. The van der Waals surface area contributed by atoms with E-state index in [4.69, 9.17) is 4.74 Å². The summed E-state index contributed by atoms with van der Waals surface area (Å²) in [6.07, 6.45) is 1.69. The molecule has 0 amide bonds. The van der Waals surface area contributed by atoms with Crippen molar-refractivity contribution in [2.45, 2.75) is 6.92 Å². The predicted molar refractivity (Wildman–Crippen MR) is 97.4 cm³/mol. The Morgan fingerprint density at radius 2 is 2.05 bits per heavy atom. The van der Waals surface area contributed by atoms with Gasteiger partial charge in [0.1, 0.15) is 0 Å². The molecule has 0 aliphatic heterocycles. The number of halogens is 2. The van der Waals surface area contributed by atoms with Gasteiger partial charge in [-0.2, -0.15) is 5.10 Å². The van der Waals surface area contributed by atoms with Gasteiger partial charge in [-0.3, -0.25) is 5.43 Å². The SMILES string of the molecule is CCOc1cc(/C=N\Nc2ccc(Br)cc2)cc(I)c1O. The van der Waals surface area contributed by atoms with Crippen LogP contribution in [-0.4, -0.2) is 17.9 Å². The molecule has 0 fully saturated rings. The van der Waals surface area contributed by atoms with Crippen molar-refractivity contribution in [2.24, 2.45) is 5.10 Å². The summed E-state index contributed by atoms with van der Waals surface area (Å²) in [6, 6.07) is 11.3. The van der Waals surface area contributed by atoms with Crippen molar-refractivity contribution in [1.82, 2.24) is 0 Å². The van der Waals surface area contributed by atoms with Crippen LogP contribution in [0.2, 0.25) is 0 Å². The Balaban J connectivity index is 2.11. The fourth-order valence-electron chi connectivity index (χ4n) is 1.64. The second kappa shape index (κ2) is 7.65. The van der Waals surface area contributed by atoms with Gasteiger partial charge in [-0.15, -0.1) is 0 Å². The number of ether oxygens (including phenoxy) is 1. The largest absolute Gasteiger partial charge is 0.504 e. The van der Waals surface area contributed by atoms with Crippen molar-refractivity contribution in [3.8, 4) is 11.5 Å². The van der Waals surface area contributed by atoms with Gasteiger partial charge < -0.3 is 9.84 Å². The van der Waals surface area contributed by atoms with Crippen LogP contribution in [0.15, 0.2) is 46.0 Å². The normalized spacial score (nSPS) is 10.8. The molecule has 2 aromatic carbocycles. The van der Waals surface area contributed by atoms with Crippen LogP contribution in [-0.2, 0) is 0 Å². The third-order valence-electron chi connectivity index (χ3n) is 2.60. The number of benzene rings is 2. The van der Waals surface area contributed by atoms with Crippen molar-refractivity contribution >= 4 is 50.4 Å². The highest BCUT2D eigenvalue weighted by molar-refractivity contribution is 14.1. The lowest BCUT2D eigenvalue weighted by atomic mass is 10.2. The van der Waals surface area contributed by atoms with E-state index in [1.54, 1.807) is 12.3 Å². The molecule has 2 aromatic rings. The molecular formula is C15H14BrIN2O2. The minimum Gasteiger partial charge on any atom is -0.504 e. The zero-order valence-electron chi connectivity index (χ0n) is 11.3. The number of nitrogens with one attached hydrogen (secondary N) is 1. The number of hydrogen-bond acceptors (Lipinski definition) is 4. The molecule has 0 saturated carbocycles. The second-order valence-electron chi connectivity index (χ2n) is 4.16. The molecule has 0 bridgehead atoms. The Labute approximate surface area is 145 Å². The number of anilines is 1. The van der Waals surface area contributed by atoms with E-state index in [1.807, 2.05) is 37.3 Å². The van der Waals surface area contributed by atoms with E-state index in [1.165, 1.54) is 0 Å². The molecule has 0 radical (unpaired) electrons. The molecule has 2 rings (SSSR count). The van der Waals surface area contributed by atoms with Crippen LogP contribution in [0.5, 0.6) is 11.5 Å². The first-order valence-corrected chi connectivity index (χ1v) is 8.17. The van der Waals surface area contributed by atoms with Crippen molar-refractivity contribution in [2.75, 3.05) is 12.0 Å². The topological polar surface area (TPSA) is 53.8 Å². The zero-order chi connectivity index (χ0) is 15.2. The fourth-order valence-corrected chi connectivity index (χ4v) is 2.53. The number of rotatable bonds is 5. The third kappa shape index (κ3) is 4.60. The lowest BCUT2D eigenvalue weighted by molar-refractivity contribution is 0.317. The maximum Gasteiger partial charge on any atom is 0.171 e. The number of aromatic hydroxyl groups is 1. The highest BCUT2D eigenvalue weighted by Crippen LogP contribution is 2.32. The highest BCUT2D eigenvalue weighted by atomic mass is 127. The van der Waals surface area contributed by atoms with Gasteiger partial charge in [0.25, 0.3) is 0 Å². The van der Waals surface area contributed by atoms with Crippen molar-refractivity contribution in [1.29, 1.82) is 0 Å². The molecule has 21 heavy (non-hydrogen) atoms. The summed E-state index contributed by atoms with van der Waals surface area (Å²) >= 11 is 5.45. The van der Waals surface area contributed by atoms with Crippen LogP contribution in [0.25, 0.3) is 0 Å². The van der Waals surface area contributed by atoms with E-state index in [9.17, 15) is 5.11 Å². The molecule has 0 aliphatic rings. The first kappa shape index (κ1) is 16.1. The summed E-state index contributed by atoms with van der Waals surface area (Å²) in [5, 5.41) is 14.1. The van der Waals surface area contributed by atoms with E-state index >= 15 is 0 Å². The van der Waals surface area contributed by atoms with Gasteiger partial charge in [0.05, 0.1) is 22.1 Å². The number of hydrogen-bond donors (Lipinski definition) is 2.